The Hall–Kier alpha value is -2.75. The summed E-state index contributed by atoms with van der Waals surface area (Å²) in [7, 11) is -3.46. The molecule has 0 spiro atoms. The third kappa shape index (κ3) is 5.35. The number of hydrogen-bond acceptors (Lipinski definition) is 6. The Morgan fingerprint density at radius 1 is 1.03 bits per heavy atom. The van der Waals surface area contributed by atoms with E-state index >= 15 is 0 Å². The zero-order valence-corrected chi connectivity index (χ0v) is 19.3. The minimum absolute atomic E-state index is 0.179. The van der Waals surface area contributed by atoms with Gasteiger partial charge in [0.1, 0.15) is 10.9 Å². The van der Waals surface area contributed by atoms with Gasteiger partial charge in [-0.05, 0) is 50.1 Å². The number of nitrogens with one attached hydrogen (secondary N) is 1. The van der Waals surface area contributed by atoms with Gasteiger partial charge in [-0.15, -0.1) is 0 Å². The zero-order valence-electron chi connectivity index (χ0n) is 17.7. The Kier molecular flexibility index (Phi) is 6.88. The molecule has 1 fully saturated rings. The average molecular weight is 469 g/mol. The second kappa shape index (κ2) is 9.81. The molecule has 166 valence electrons. The van der Waals surface area contributed by atoms with Crippen LogP contribution in [0.4, 0.5) is 5.69 Å². The van der Waals surface area contributed by atoms with Crippen molar-refractivity contribution in [2.45, 2.75) is 29.7 Å². The summed E-state index contributed by atoms with van der Waals surface area (Å²) in [6.07, 6.45) is 1.79. The number of rotatable bonds is 7. The van der Waals surface area contributed by atoms with E-state index in [1.807, 2.05) is 43.3 Å². The highest BCUT2D eigenvalue weighted by atomic mass is 32.2. The molecule has 1 saturated heterocycles. The lowest BCUT2D eigenvalue weighted by molar-refractivity contribution is -0.113. The van der Waals surface area contributed by atoms with Crippen LogP contribution >= 0.6 is 11.8 Å². The van der Waals surface area contributed by atoms with E-state index in [-0.39, 0.29) is 16.6 Å². The van der Waals surface area contributed by atoms with Crippen molar-refractivity contribution in [3.63, 3.8) is 0 Å². The fourth-order valence-electron chi connectivity index (χ4n) is 3.50. The van der Waals surface area contributed by atoms with E-state index in [0.29, 0.717) is 24.6 Å². The minimum Gasteiger partial charge on any atom is -0.325 e. The lowest BCUT2D eigenvalue weighted by Crippen LogP contribution is -2.27. The maximum Gasteiger partial charge on any atom is 0.243 e. The summed E-state index contributed by atoms with van der Waals surface area (Å²) >= 11 is 1.33. The summed E-state index contributed by atoms with van der Waals surface area (Å²) < 4.78 is 26.7. The quantitative estimate of drug-likeness (QED) is 0.417. The van der Waals surface area contributed by atoms with Gasteiger partial charge >= 0.3 is 0 Å². The van der Waals surface area contributed by atoms with Crippen LogP contribution in [0.1, 0.15) is 18.7 Å². The summed E-state index contributed by atoms with van der Waals surface area (Å²) in [5.74, 6) is 0.630. The number of carbonyl (C=O) groups is 1. The zero-order chi connectivity index (χ0) is 22.6. The normalized spacial score (nSPS) is 14.4. The number of nitrogens with zero attached hydrogens (tertiary/aromatic N) is 3. The number of anilines is 1. The van der Waals surface area contributed by atoms with Gasteiger partial charge < -0.3 is 5.32 Å². The van der Waals surface area contributed by atoms with Crippen LogP contribution in [0.3, 0.4) is 0 Å². The van der Waals surface area contributed by atoms with E-state index in [1.165, 1.54) is 28.2 Å². The largest absolute Gasteiger partial charge is 0.325 e. The maximum absolute atomic E-state index is 12.6. The molecule has 2 aromatic carbocycles. The number of benzene rings is 2. The van der Waals surface area contributed by atoms with Gasteiger partial charge in [0.25, 0.3) is 0 Å². The molecule has 1 aliphatic rings. The first-order chi connectivity index (χ1) is 15.4. The molecule has 2 heterocycles. The molecular weight excluding hydrogens is 444 g/mol. The van der Waals surface area contributed by atoms with Gasteiger partial charge in [-0.1, -0.05) is 42.1 Å². The Morgan fingerprint density at radius 3 is 2.41 bits per heavy atom. The molecular formula is C23H24N4O3S2. The van der Waals surface area contributed by atoms with E-state index < -0.39 is 10.0 Å². The fourth-order valence-corrected chi connectivity index (χ4v) is 5.76. The van der Waals surface area contributed by atoms with Crippen LogP contribution in [0.5, 0.6) is 0 Å². The first kappa shape index (κ1) is 22.4. The topological polar surface area (TPSA) is 92.3 Å². The van der Waals surface area contributed by atoms with E-state index in [4.69, 9.17) is 0 Å². The highest BCUT2D eigenvalue weighted by molar-refractivity contribution is 7.99. The molecule has 32 heavy (non-hydrogen) atoms. The second-order valence-electron chi connectivity index (χ2n) is 7.48. The molecule has 1 N–H and O–H groups in total. The smallest absolute Gasteiger partial charge is 0.243 e. The number of sulfonamides is 1. The molecule has 1 amide bonds. The van der Waals surface area contributed by atoms with E-state index in [1.54, 1.807) is 12.1 Å². The molecule has 0 unspecified atom stereocenters. The molecule has 1 aromatic heterocycles. The Labute approximate surface area is 192 Å². The van der Waals surface area contributed by atoms with Crippen molar-refractivity contribution >= 4 is 33.4 Å². The number of carbonyl (C=O) groups excluding carboxylic acids is 1. The second-order valence-corrected chi connectivity index (χ2v) is 10.4. The maximum atomic E-state index is 12.6. The van der Waals surface area contributed by atoms with Crippen molar-refractivity contribution in [3.8, 4) is 11.3 Å². The summed E-state index contributed by atoms with van der Waals surface area (Å²) in [6, 6.07) is 18.0. The van der Waals surface area contributed by atoms with Crippen molar-refractivity contribution in [1.82, 2.24) is 14.3 Å². The predicted octanol–water partition coefficient (Wildman–Crippen LogP) is 3.97. The summed E-state index contributed by atoms with van der Waals surface area (Å²) in [5, 5.41) is 3.53. The van der Waals surface area contributed by atoms with Crippen LogP contribution in [-0.2, 0) is 14.8 Å². The van der Waals surface area contributed by atoms with E-state index in [0.717, 1.165) is 29.1 Å². The molecule has 0 bridgehead atoms. The SMILES string of the molecule is Cc1nc(SCC(=O)Nc2ccc(S(=O)(=O)N3CCCC3)cc2)cc(-c2ccccc2)n1. The van der Waals surface area contributed by atoms with Crippen molar-refractivity contribution in [1.29, 1.82) is 0 Å². The first-order valence-corrected chi connectivity index (χ1v) is 12.8. The molecule has 0 aliphatic carbocycles. The van der Waals surface area contributed by atoms with Gasteiger partial charge in [0, 0.05) is 24.3 Å². The third-order valence-corrected chi connectivity index (χ3v) is 7.90. The first-order valence-electron chi connectivity index (χ1n) is 10.4. The third-order valence-electron chi connectivity index (χ3n) is 5.08. The van der Waals surface area contributed by atoms with Gasteiger partial charge in [0.2, 0.25) is 15.9 Å². The number of thioether (sulfide) groups is 1. The van der Waals surface area contributed by atoms with E-state index in [9.17, 15) is 13.2 Å². The highest BCUT2D eigenvalue weighted by Crippen LogP contribution is 2.24. The van der Waals surface area contributed by atoms with Gasteiger partial charge in [-0.2, -0.15) is 4.31 Å². The Bertz CT molecular complexity index is 1190. The van der Waals surface area contributed by atoms with Gasteiger partial charge in [0.15, 0.2) is 0 Å². The van der Waals surface area contributed by atoms with E-state index in [2.05, 4.69) is 15.3 Å². The van der Waals surface area contributed by atoms with Crippen LogP contribution in [-0.4, -0.2) is 47.4 Å². The molecule has 9 heteroatoms. The van der Waals surface area contributed by atoms with Crippen LogP contribution in [0.2, 0.25) is 0 Å². The lowest BCUT2D eigenvalue weighted by atomic mass is 10.1. The van der Waals surface area contributed by atoms with Crippen LogP contribution < -0.4 is 5.32 Å². The molecule has 0 atom stereocenters. The fraction of sp³-hybridized carbons (Fsp3) is 0.261. The van der Waals surface area contributed by atoms with Crippen molar-refractivity contribution in [2.75, 3.05) is 24.2 Å². The number of amides is 1. The van der Waals surface area contributed by atoms with Crippen LogP contribution in [0, 0.1) is 6.92 Å². The number of aryl methyl sites for hydroxylation is 1. The van der Waals surface area contributed by atoms with Crippen molar-refractivity contribution < 1.29 is 13.2 Å². The Balaban J connectivity index is 1.37. The van der Waals surface area contributed by atoms with Crippen LogP contribution in [0.15, 0.2) is 70.6 Å². The molecule has 0 radical (unpaired) electrons. The number of hydrogen-bond donors (Lipinski definition) is 1. The Morgan fingerprint density at radius 2 is 1.72 bits per heavy atom. The average Bonchev–Trinajstić information content (AvgIpc) is 3.34. The molecule has 3 aromatic rings. The van der Waals surface area contributed by atoms with Crippen molar-refractivity contribution in [2.24, 2.45) is 0 Å². The predicted molar refractivity (Wildman–Crippen MR) is 126 cm³/mol. The number of aromatic nitrogens is 2. The minimum atomic E-state index is -3.46. The molecule has 4 rings (SSSR count). The van der Waals surface area contributed by atoms with Gasteiger partial charge in [-0.25, -0.2) is 18.4 Å². The van der Waals surface area contributed by atoms with Gasteiger partial charge in [0.05, 0.1) is 16.3 Å². The van der Waals surface area contributed by atoms with Gasteiger partial charge in [-0.3, -0.25) is 4.79 Å². The standard InChI is InChI=1S/C23H24N4O3S2/c1-17-24-21(18-7-3-2-4-8-18)15-23(25-17)31-16-22(28)26-19-9-11-20(12-10-19)32(29,30)27-13-5-6-14-27/h2-4,7-12,15H,5-6,13-14,16H2,1H3,(H,26,28). The molecule has 1 aliphatic heterocycles. The summed E-state index contributed by atoms with van der Waals surface area (Å²) in [6.45, 7) is 2.95. The summed E-state index contributed by atoms with van der Waals surface area (Å²) in [5.41, 5.74) is 2.36. The van der Waals surface area contributed by atoms with Crippen molar-refractivity contribution in [3.05, 3.63) is 66.5 Å². The molecule has 0 saturated carbocycles. The molecule has 7 nitrogen and oxygen atoms in total. The highest BCUT2D eigenvalue weighted by Gasteiger charge is 2.26. The summed E-state index contributed by atoms with van der Waals surface area (Å²) in [4.78, 5) is 21.6. The van der Waals surface area contributed by atoms with Crippen LogP contribution in [0.25, 0.3) is 11.3 Å². The monoisotopic (exact) mass is 468 g/mol. The lowest BCUT2D eigenvalue weighted by Gasteiger charge is -2.15.